The summed E-state index contributed by atoms with van der Waals surface area (Å²) < 4.78 is 66.6. The molecule has 3 fully saturated rings. The van der Waals surface area contributed by atoms with Gasteiger partial charge in [0, 0.05) is 83.1 Å². The predicted molar refractivity (Wildman–Crippen MR) is 293 cm³/mol. The Balaban J connectivity index is 1.24. The number of rotatable bonds is 18. The molecule has 22 heteroatoms. The largest absolute Gasteiger partial charge is 0.618 e. The van der Waals surface area contributed by atoms with Crippen LogP contribution in [0.5, 0.6) is 0 Å². The molecular weight excluding hydrogens is 1040 g/mol. The van der Waals surface area contributed by atoms with Crippen molar-refractivity contribution in [2.24, 2.45) is 17.8 Å². The Labute approximate surface area is 472 Å². The highest BCUT2D eigenvalue weighted by Crippen LogP contribution is 2.41. The van der Waals surface area contributed by atoms with Crippen molar-refractivity contribution in [3.05, 3.63) is 71.0 Å². The van der Waals surface area contributed by atoms with Crippen LogP contribution in [0.2, 0.25) is 0 Å². The lowest BCUT2D eigenvalue weighted by Gasteiger charge is -2.49. The molecule has 3 saturated heterocycles. The van der Waals surface area contributed by atoms with E-state index in [9.17, 15) is 35.5 Å². The fraction of sp³-hybridized carbons (Fsp3) is 0.759. The van der Waals surface area contributed by atoms with Gasteiger partial charge in [0.2, 0.25) is 5.69 Å². The number of likely N-dealkylation sites (N-methyl/N-ethyl adjacent to an activating group) is 2. The van der Waals surface area contributed by atoms with Gasteiger partial charge in [-0.3, -0.25) is 4.79 Å². The van der Waals surface area contributed by atoms with Crippen LogP contribution in [0.1, 0.15) is 124 Å². The van der Waals surface area contributed by atoms with Crippen LogP contribution in [-0.4, -0.2) is 202 Å². The Morgan fingerprint density at radius 3 is 2.24 bits per heavy atom. The lowest BCUT2D eigenvalue weighted by atomic mass is 9.77. The number of nitrogens with zero attached hydrogens (tertiary/aromatic N) is 6. The second-order valence-corrected chi connectivity index (χ2v) is 23.8. The highest BCUT2D eigenvalue weighted by atomic mass is 19.1. The van der Waals surface area contributed by atoms with E-state index >= 15 is 4.39 Å². The number of aliphatic hydroxyl groups is 5. The van der Waals surface area contributed by atoms with Gasteiger partial charge in [-0.25, -0.2) is 9.07 Å². The molecule has 0 saturated carbocycles. The molecule has 6 rings (SSSR count). The number of pyridine rings is 1. The van der Waals surface area contributed by atoms with Gasteiger partial charge in [-0.2, -0.15) is 4.73 Å². The van der Waals surface area contributed by atoms with Crippen molar-refractivity contribution < 1.29 is 77.3 Å². The monoisotopic (exact) mass is 1130 g/mol. The van der Waals surface area contributed by atoms with Crippen molar-refractivity contribution in [1.82, 2.24) is 24.8 Å². The number of aliphatic hydroxyl groups excluding tert-OH is 3. The first-order valence-corrected chi connectivity index (χ1v) is 28.2. The molecule has 5 N–H and O–H groups in total. The molecule has 20 atom stereocenters. The van der Waals surface area contributed by atoms with E-state index in [0.717, 1.165) is 10.3 Å². The summed E-state index contributed by atoms with van der Waals surface area (Å²) in [5.74, 6) is -2.92. The van der Waals surface area contributed by atoms with E-state index in [1.54, 1.807) is 60.7 Å². The molecule has 3 aliphatic rings. The van der Waals surface area contributed by atoms with Crippen LogP contribution in [0, 0.1) is 23.0 Å². The maximum absolute atomic E-state index is 15.0. The maximum Gasteiger partial charge on any atom is 0.311 e. The second kappa shape index (κ2) is 27.7. The van der Waals surface area contributed by atoms with E-state index in [1.807, 2.05) is 68.1 Å². The standard InChI is InChI=1S/C58H93FN6O15/c1-16-46-58(10,71)51(67)37(6)63(12)29-33(2)26-56(8,70)53(35(4)49(36(5)54(69)78-46)79-47-27-57(9,75-15)52(68)38(7)77-47)80-55-48(66)44(25-34(3)76-55)62(11)24-23-42-31-64(61-60-42)45(28-59)50(74-14)40-19-17-39(18-20-40)41-21-22-43(32-73-13)65(72)30-41/h17-22,30-31,33-38,44-53,55,66-68,70-71H,16,23-29,32H2,1-15H3/t33-,34-,35+,36-,37-,38+,44+,45+,46-,47+,48-,49+,50-,51-,52+,53-,55+,56-,57-,58-/m1/s1. The number of benzene rings is 1. The van der Waals surface area contributed by atoms with Crippen LogP contribution >= 0.6 is 0 Å². The molecule has 80 heavy (non-hydrogen) atoms. The Kier molecular flexibility index (Phi) is 22.6. The SMILES string of the molecule is CC[C@H]1OC(=O)[C@H](C)[C@@H](O[C@H]2C[C@@](C)(OC)[C@@H](O)[C@H](C)O2)[C@H](C)[C@@H](O[C@@H]2O[C@H](C)C[C@H](N(C)CCc3cn([C@@H](CF)[C@H](OC)c4ccc(-c5ccc(COC)[n+]([O-])c5)cc4)nn3)[C@H]2O)[C@](C)(O)C[C@@H](C)CN(C)[C@H](C)[C@@H](O)[C@]1(C)O. The number of carbonyl (C=O) groups is 1. The summed E-state index contributed by atoms with van der Waals surface area (Å²) in [6.07, 6.45) is -6.81. The predicted octanol–water partition coefficient (Wildman–Crippen LogP) is 4.45. The summed E-state index contributed by atoms with van der Waals surface area (Å²) in [5, 5.41) is 81.2. The van der Waals surface area contributed by atoms with Crippen LogP contribution in [0.15, 0.2) is 48.8 Å². The first-order valence-electron chi connectivity index (χ1n) is 28.2. The Hall–Kier alpha value is -3.85. The second-order valence-electron chi connectivity index (χ2n) is 23.8. The highest BCUT2D eigenvalue weighted by Gasteiger charge is 2.53. The lowest BCUT2D eigenvalue weighted by molar-refractivity contribution is -0.615. The van der Waals surface area contributed by atoms with Crippen molar-refractivity contribution in [1.29, 1.82) is 0 Å². The topological polar surface area (TPSA) is 256 Å². The molecule has 0 unspecified atom stereocenters. The highest BCUT2D eigenvalue weighted by molar-refractivity contribution is 5.73. The fourth-order valence-electron chi connectivity index (χ4n) is 12.3. The smallest absolute Gasteiger partial charge is 0.311 e. The minimum Gasteiger partial charge on any atom is -0.618 e. The number of hydrogen-bond acceptors (Lipinski definition) is 19. The number of ether oxygens (including phenoxy) is 8. The van der Waals surface area contributed by atoms with E-state index in [-0.39, 0.29) is 31.8 Å². The van der Waals surface area contributed by atoms with Gasteiger partial charge in [0.25, 0.3) is 0 Å². The number of alkyl halides is 1. The van der Waals surface area contributed by atoms with Gasteiger partial charge in [-0.05, 0) is 105 Å². The van der Waals surface area contributed by atoms with Crippen molar-refractivity contribution in [3.8, 4) is 11.1 Å². The van der Waals surface area contributed by atoms with Crippen LogP contribution in [-0.2, 0) is 55.7 Å². The maximum atomic E-state index is 15.0. The van der Waals surface area contributed by atoms with Gasteiger partial charge in [-0.15, -0.1) is 5.10 Å². The van der Waals surface area contributed by atoms with Gasteiger partial charge in [0.05, 0.1) is 47.2 Å². The molecule has 0 radical (unpaired) electrons. The fourth-order valence-corrected chi connectivity index (χ4v) is 12.3. The molecule has 21 nitrogen and oxygen atoms in total. The van der Waals surface area contributed by atoms with Gasteiger partial charge >= 0.3 is 5.97 Å². The van der Waals surface area contributed by atoms with E-state index < -0.39 is 127 Å². The Morgan fingerprint density at radius 2 is 1.62 bits per heavy atom. The molecule has 5 heterocycles. The van der Waals surface area contributed by atoms with Gasteiger partial charge < -0.3 is 78.4 Å². The van der Waals surface area contributed by atoms with E-state index in [1.165, 1.54) is 39.1 Å². The van der Waals surface area contributed by atoms with Crippen LogP contribution < -0.4 is 4.73 Å². The molecule has 0 aliphatic carbocycles. The molecule has 0 spiro atoms. The molecule has 1 aromatic carbocycles. The van der Waals surface area contributed by atoms with Crippen LogP contribution in [0.3, 0.4) is 0 Å². The van der Waals surface area contributed by atoms with Crippen LogP contribution in [0.25, 0.3) is 11.1 Å². The zero-order valence-corrected chi connectivity index (χ0v) is 49.7. The summed E-state index contributed by atoms with van der Waals surface area (Å²) in [6.45, 7) is 17.5. The summed E-state index contributed by atoms with van der Waals surface area (Å²) in [6, 6.07) is 8.96. The number of carbonyl (C=O) groups excluding carboxylic acids is 1. The molecule has 0 amide bonds. The summed E-state index contributed by atoms with van der Waals surface area (Å²) in [5.41, 5.74) is -1.36. The summed E-state index contributed by atoms with van der Waals surface area (Å²) >= 11 is 0. The number of halogens is 1. The third kappa shape index (κ3) is 14.9. The molecular formula is C58H93FN6O15. The number of hydrogen-bond donors (Lipinski definition) is 5. The van der Waals surface area contributed by atoms with Crippen molar-refractivity contribution in [2.75, 3.05) is 55.2 Å². The Bertz CT molecular complexity index is 2420. The zero-order chi connectivity index (χ0) is 59.2. The average Bonchev–Trinajstić information content (AvgIpc) is 3.89. The third-order valence-electron chi connectivity index (χ3n) is 17.3. The summed E-state index contributed by atoms with van der Waals surface area (Å²) in [7, 11) is 8.22. The van der Waals surface area contributed by atoms with E-state index in [0.29, 0.717) is 48.4 Å². The first kappa shape index (κ1) is 65.3. The normalized spacial score (nSPS) is 37.2. The minimum absolute atomic E-state index is 0.0745. The number of cyclic esters (lactones) is 1. The number of aromatic nitrogens is 4. The number of esters is 1. The van der Waals surface area contributed by atoms with Crippen molar-refractivity contribution >= 4 is 5.97 Å². The van der Waals surface area contributed by atoms with Gasteiger partial charge in [-0.1, -0.05) is 50.3 Å². The van der Waals surface area contributed by atoms with Gasteiger partial charge in [0.15, 0.2) is 18.8 Å². The van der Waals surface area contributed by atoms with Crippen molar-refractivity contribution in [3.63, 3.8) is 0 Å². The van der Waals surface area contributed by atoms with E-state index in [4.69, 9.17) is 37.9 Å². The minimum atomic E-state index is -1.86. The first-order chi connectivity index (χ1) is 37.6. The van der Waals surface area contributed by atoms with Crippen LogP contribution in [0.4, 0.5) is 4.39 Å². The molecule has 3 aliphatic heterocycles. The molecule has 452 valence electrons. The Morgan fingerprint density at radius 1 is 0.950 bits per heavy atom. The number of methoxy groups -OCH3 is 3. The zero-order valence-electron chi connectivity index (χ0n) is 49.7. The molecule has 2 aromatic heterocycles. The lowest BCUT2D eigenvalue weighted by Crippen LogP contribution is -2.61. The average molecular weight is 1130 g/mol. The molecule has 3 aromatic rings. The third-order valence-corrected chi connectivity index (χ3v) is 17.3. The quantitative estimate of drug-likeness (QED) is 0.0670. The summed E-state index contributed by atoms with van der Waals surface area (Å²) in [4.78, 5) is 18.4. The van der Waals surface area contributed by atoms with E-state index in [2.05, 4.69) is 10.3 Å². The van der Waals surface area contributed by atoms with Crippen molar-refractivity contribution in [2.45, 2.75) is 210 Å². The van der Waals surface area contributed by atoms with Gasteiger partial charge in [0.1, 0.15) is 55.4 Å². The molecule has 0 bridgehead atoms.